The van der Waals surface area contributed by atoms with Crippen LogP contribution in [0.3, 0.4) is 0 Å². The van der Waals surface area contributed by atoms with Crippen molar-refractivity contribution in [3.05, 3.63) is 6.33 Å². The first-order chi connectivity index (χ1) is 9.04. The number of anilines is 2. The standard InChI is InChI=1S/C13H22N4O2/c1-9-3-5-13(18,6-4-9)7-15-12-10(19-2)11(14)16-8-17-12/h8-9,18H,3-7H2,1-2H3,(H3,14,15,16,17). The minimum Gasteiger partial charge on any atom is -0.490 e. The van der Waals surface area contributed by atoms with E-state index in [4.69, 9.17) is 10.5 Å². The van der Waals surface area contributed by atoms with Gasteiger partial charge in [0, 0.05) is 6.54 Å². The van der Waals surface area contributed by atoms with Gasteiger partial charge in [0.05, 0.1) is 12.7 Å². The third kappa shape index (κ3) is 3.26. The van der Waals surface area contributed by atoms with E-state index < -0.39 is 5.60 Å². The molecule has 1 saturated carbocycles. The molecule has 0 atom stereocenters. The summed E-state index contributed by atoms with van der Waals surface area (Å²) in [4.78, 5) is 7.97. The first kappa shape index (κ1) is 13.9. The molecule has 1 aliphatic carbocycles. The highest BCUT2D eigenvalue weighted by molar-refractivity contribution is 5.61. The quantitative estimate of drug-likeness (QED) is 0.763. The first-order valence-electron chi connectivity index (χ1n) is 6.65. The van der Waals surface area contributed by atoms with Crippen LogP contribution in [0.4, 0.5) is 11.6 Å². The van der Waals surface area contributed by atoms with Crippen LogP contribution in [0.25, 0.3) is 0 Å². The molecule has 0 spiro atoms. The van der Waals surface area contributed by atoms with Crippen molar-refractivity contribution in [1.82, 2.24) is 9.97 Å². The summed E-state index contributed by atoms with van der Waals surface area (Å²) in [5.74, 6) is 1.95. The third-order valence-corrected chi connectivity index (χ3v) is 3.83. The molecule has 1 heterocycles. The van der Waals surface area contributed by atoms with Crippen molar-refractivity contribution in [2.75, 3.05) is 24.7 Å². The zero-order valence-electron chi connectivity index (χ0n) is 11.5. The summed E-state index contributed by atoms with van der Waals surface area (Å²) in [6.45, 7) is 2.67. The molecule has 0 unspecified atom stereocenters. The number of nitrogens with one attached hydrogen (secondary N) is 1. The number of nitrogens with two attached hydrogens (primary N) is 1. The van der Waals surface area contributed by atoms with Crippen molar-refractivity contribution >= 4 is 11.6 Å². The van der Waals surface area contributed by atoms with Crippen LogP contribution in [0.2, 0.25) is 0 Å². The average Bonchev–Trinajstić information content (AvgIpc) is 2.40. The summed E-state index contributed by atoms with van der Waals surface area (Å²) >= 11 is 0. The van der Waals surface area contributed by atoms with Crippen LogP contribution in [0.5, 0.6) is 5.75 Å². The molecule has 1 aromatic heterocycles. The van der Waals surface area contributed by atoms with E-state index >= 15 is 0 Å². The Kier molecular flexibility index (Phi) is 4.09. The van der Waals surface area contributed by atoms with E-state index in [0.29, 0.717) is 29.8 Å². The van der Waals surface area contributed by atoms with Gasteiger partial charge in [-0.15, -0.1) is 0 Å². The fourth-order valence-electron chi connectivity index (χ4n) is 2.44. The van der Waals surface area contributed by atoms with Crippen LogP contribution in [-0.4, -0.2) is 34.3 Å². The molecule has 1 aromatic rings. The van der Waals surface area contributed by atoms with E-state index in [1.807, 2.05) is 0 Å². The lowest BCUT2D eigenvalue weighted by Gasteiger charge is -2.35. The second-order valence-electron chi connectivity index (χ2n) is 5.40. The van der Waals surface area contributed by atoms with Crippen molar-refractivity contribution in [2.24, 2.45) is 5.92 Å². The topological polar surface area (TPSA) is 93.3 Å². The number of aliphatic hydroxyl groups is 1. The van der Waals surface area contributed by atoms with Gasteiger partial charge in [-0.2, -0.15) is 0 Å². The number of nitrogens with zero attached hydrogens (tertiary/aromatic N) is 2. The predicted octanol–water partition coefficient (Wildman–Crippen LogP) is 1.42. The van der Waals surface area contributed by atoms with Gasteiger partial charge in [0.15, 0.2) is 11.6 Å². The van der Waals surface area contributed by atoms with Crippen LogP contribution in [0, 0.1) is 5.92 Å². The van der Waals surface area contributed by atoms with Gasteiger partial charge in [0.2, 0.25) is 5.75 Å². The van der Waals surface area contributed by atoms with Gasteiger partial charge >= 0.3 is 0 Å². The number of rotatable bonds is 4. The van der Waals surface area contributed by atoms with Gasteiger partial charge in [-0.3, -0.25) is 0 Å². The third-order valence-electron chi connectivity index (χ3n) is 3.83. The minimum absolute atomic E-state index is 0.296. The lowest BCUT2D eigenvalue weighted by molar-refractivity contribution is 0.00491. The smallest absolute Gasteiger partial charge is 0.203 e. The van der Waals surface area contributed by atoms with Crippen molar-refractivity contribution in [1.29, 1.82) is 0 Å². The molecule has 0 aromatic carbocycles. The molecule has 1 aliphatic rings. The van der Waals surface area contributed by atoms with Gasteiger partial charge in [-0.25, -0.2) is 9.97 Å². The van der Waals surface area contributed by atoms with Crippen LogP contribution in [0.15, 0.2) is 6.33 Å². The molecule has 0 aliphatic heterocycles. The van der Waals surface area contributed by atoms with Gasteiger partial charge < -0.3 is 20.9 Å². The van der Waals surface area contributed by atoms with Gasteiger partial charge in [0.1, 0.15) is 6.33 Å². The number of hydrogen-bond acceptors (Lipinski definition) is 6. The molecule has 6 heteroatoms. The Morgan fingerprint density at radius 1 is 1.47 bits per heavy atom. The SMILES string of the molecule is COc1c(N)ncnc1NCC1(O)CCC(C)CC1. The molecule has 0 amide bonds. The van der Waals surface area contributed by atoms with E-state index in [1.54, 1.807) is 0 Å². The van der Waals surface area contributed by atoms with Crippen molar-refractivity contribution in [2.45, 2.75) is 38.2 Å². The summed E-state index contributed by atoms with van der Waals surface area (Å²) in [6, 6.07) is 0. The maximum atomic E-state index is 10.5. The average molecular weight is 266 g/mol. The summed E-state index contributed by atoms with van der Waals surface area (Å²) in [6.07, 6.45) is 5.11. The maximum absolute atomic E-state index is 10.5. The summed E-state index contributed by atoms with van der Waals surface area (Å²) in [5.41, 5.74) is 5.04. The Bertz CT molecular complexity index is 431. The molecule has 0 saturated heterocycles. The van der Waals surface area contributed by atoms with Crippen molar-refractivity contribution in [3.63, 3.8) is 0 Å². The lowest BCUT2D eigenvalue weighted by atomic mass is 9.79. The van der Waals surface area contributed by atoms with Crippen LogP contribution in [0.1, 0.15) is 32.6 Å². The van der Waals surface area contributed by atoms with Gasteiger partial charge in [-0.1, -0.05) is 6.92 Å². The highest BCUT2D eigenvalue weighted by Crippen LogP contribution is 2.33. The van der Waals surface area contributed by atoms with E-state index in [9.17, 15) is 5.11 Å². The van der Waals surface area contributed by atoms with E-state index in [2.05, 4.69) is 22.2 Å². The lowest BCUT2D eigenvalue weighted by Crippen LogP contribution is -2.40. The Morgan fingerprint density at radius 3 is 2.79 bits per heavy atom. The molecule has 6 nitrogen and oxygen atoms in total. The summed E-state index contributed by atoms with van der Waals surface area (Å²) in [7, 11) is 1.53. The Labute approximate surface area is 113 Å². The normalized spacial score (nSPS) is 27.0. The highest BCUT2D eigenvalue weighted by atomic mass is 16.5. The number of ether oxygens (including phenoxy) is 1. The fraction of sp³-hybridized carbons (Fsp3) is 0.692. The van der Waals surface area contributed by atoms with Crippen molar-refractivity contribution in [3.8, 4) is 5.75 Å². The molecule has 106 valence electrons. The monoisotopic (exact) mass is 266 g/mol. The van der Waals surface area contributed by atoms with Crippen LogP contribution >= 0.6 is 0 Å². The molecule has 2 rings (SSSR count). The zero-order chi connectivity index (χ0) is 13.9. The molecule has 1 fully saturated rings. The fourth-order valence-corrected chi connectivity index (χ4v) is 2.44. The Balaban J connectivity index is 2.01. The van der Waals surface area contributed by atoms with E-state index in [0.717, 1.165) is 25.7 Å². The van der Waals surface area contributed by atoms with Crippen LogP contribution < -0.4 is 15.8 Å². The van der Waals surface area contributed by atoms with Gasteiger partial charge in [-0.05, 0) is 31.6 Å². The van der Waals surface area contributed by atoms with Crippen molar-refractivity contribution < 1.29 is 9.84 Å². The van der Waals surface area contributed by atoms with E-state index in [1.165, 1.54) is 13.4 Å². The zero-order valence-corrected chi connectivity index (χ0v) is 11.5. The number of aromatic nitrogens is 2. The molecule has 4 N–H and O–H groups in total. The molecular weight excluding hydrogens is 244 g/mol. The van der Waals surface area contributed by atoms with E-state index in [-0.39, 0.29) is 0 Å². The Morgan fingerprint density at radius 2 is 2.16 bits per heavy atom. The second-order valence-corrected chi connectivity index (χ2v) is 5.40. The largest absolute Gasteiger partial charge is 0.490 e. The number of hydrogen-bond donors (Lipinski definition) is 3. The summed E-state index contributed by atoms with van der Waals surface area (Å²) < 4.78 is 5.17. The molecule has 0 bridgehead atoms. The van der Waals surface area contributed by atoms with Crippen LogP contribution in [-0.2, 0) is 0 Å². The maximum Gasteiger partial charge on any atom is 0.203 e. The second kappa shape index (κ2) is 5.61. The van der Waals surface area contributed by atoms with Gasteiger partial charge in [0.25, 0.3) is 0 Å². The molecular formula is C13H22N4O2. The highest BCUT2D eigenvalue weighted by Gasteiger charge is 2.31. The first-order valence-corrected chi connectivity index (χ1v) is 6.65. The Hall–Kier alpha value is -1.56. The predicted molar refractivity (Wildman–Crippen MR) is 74.1 cm³/mol. The number of methoxy groups -OCH3 is 1. The number of nitrogen functional groups attached to an aromatic ring is 1. The molecule has 19 heavy (non-hydrogen) atoms. The molecule has 0 radical (unpaired) electrons. The minimum atomic E-state index is -0.669. The summed E-state index contributed by atoms with van der Waals surface area (Å²) in [5, 5.41) is 13.6.